The van der Waals surface area contributed by atoms with Gasteiger partial charge in [-0.15, -0.1) is 0 Å². The summed E-state index contributed by atoms with van der Waals surface area (Å²) in [5.41, 5.74) is 0. The molecule has 0 amide bonds. The van der Waals surface area contributed by atoms with Gasteiger partial charge in [0.15, 0.2) is 5.16 Å². The maximum Gasteiger partial charge on any atom is 0.388 e. The van der Waals surface area contributed by atoms with E-state index in [-0.39, 0.29) is 5.88 Å². The summed E-state index contributed by atoms with van der Waals surface area (Å²) in [6.45, 7) is -2.86. The summed E-state index contributed by atoms with van der Waals surface area (Å²) in [4.78, 5) is 7.32. The fourth-order valence-electron chi connectivity index (χ4n) is 0.537. The SMILES string of the molecule is CSc1n[c]cc(OC(F)F)n1. The highest BCUT2D eigenvalue weighted by Crippen LogP contribution is 2.13. The monoisotopic (exact) mass is 191 g/mol. The van der Waals surface area contributed by atoms with E-state index in [1.165, 1.54) is 11.8 Å². The number of aromatic nitrogens is 2. The van der Waals surface area contributed by atoms with Crippen LogP contribution in [-0.2, 0) is 0 Å². The summed E-state index contributed by atoms with van der Waals surface area (Å²) < 4.78 is 27.3. The Morgan fingerprint density at radius 1 is 1.67 bits per heavy atom. The first-order valence-electron chi connectivity index (χ1n) is 2.96. The molecule has 1 aromatic heterocycles. The van der Waals surface area contributed by atoms with Crippen molar-refractivity contribution >= 4 is 11.8 Å². The van der Waals surface area contributed by atoms with Gasteiger partial charge in [0.2, 0.25) is 5.88 Å². The lowest BCUT2D eigenvalue weighted by molar-refractivity contribution is -0.0533. The topological polar surface area (TPSA) is 35.0 Å². The van der Waals surface area contributed by atoms with Crippen LogP contribution in [0.15, 0.2) is 11.2 Å². The first-order chi connectivity index (χ1) is 5.72. The van der Waals surface area contributed by atoms with Crippen LogP contribution in [0, 0.1) is 6.20 Å². The number of halogens is 2. The molecule has 3 nitrogen and oxygen atoms in total. The normalized spacial score (nSPS) is 10.3. The number of thioether (sulfide) groups is 1. The van der Waals surface area contributed by atoms with Gasteiger partial charge in [-0.05, 0) is 6.26 Å². The van der Waals surface area contributed by atoms with Gasteiger partial charge in [0, 0.05) is 6.07 Å². The maximum absolute atomic E-state index is 11.7. The van der Waals surface area contributed by atoms with Crippen molar-refractivity contribution in [2.45, 2.75) is 11.8 Å². The highest BCUT2D eigenvalue weighted by Gasteiger charge is 2.05. The van der Waals surface area contributed by atoms with Crippen LogP contribution >= 0.6 is 11.8 Å². The number of hydrogen-bond donors (Lipinski definition) is 0. The van der Waals surface area contributed by atoms with Gasteiger partial charge in [-0.3, -0.25) is 0 Å². The van der Waals surface area contributed by atoms with Gasteiger partial charge in [-0.2, -0.15) is 13.8 Å². The Labute approximate surface area is 72.2 Å². The fourth-order valence-corrected chi connectivity index (χ4v) is 0.862. The molecule has 0 N–H and O–H groups in total. The van der Waals surface area contributed by atoms with Gasteiger partial charge in [0.1, 0.15) is 0 Å². The average molecular weight is 191 g/mol. The van der Waals surface area contributed by atoms with Crippen molar-refractivity contribution < 1.29 is 13.5 Å². The summed E-state index contributed by atoms with van der Waals surface area (Å²) in [6.07, 6.45) is 4.13. The van der Waals surface area contributed by atoms with Gasteiger partial charge in [-0.25, -0.2) is 4.98 Å². The van der Waals surface area contributed by atoms with Crippen LogP contribution in [0.25, 0.3) is 0 Å². The van der Waals surface area contributed by atoms with Gasteiger partial charge in [0.25, 0.3) is 0 Å². The lowest BCUT2D eigenvalue weighted by atomic mass is 10.6. The molecule has 0 atom stereocenters. The lowest BCUT2D eigenvalue weighted by Crippen LogP contribution is -2.04. The third-order valence-electron chi connectivity index (χ3n) is 0.946. The van der Waals surface area contributed by atoms with Crippen LogP contribution < -0.4 is 4.74 Å². The standard InChI is InChI=1S/C6H5F2N2OS/c1-12-6-9-3-2-4(10-6)11-5(7)8/h2,5H,1H3. The maximum atomic E-state index is 11.7. The molecule has 1 radical (unpaired) electrons. The van der Waals surface area contributed by atoms with Crippen molar-refractivity contribution in [3.63, 3.8) is 0 Å². The summed E-state index contributed by atoms with van der Waals surface area (Å²) in [6, 6.07) is 1.16. The summed E-state index contributed by atoms with van der Waals surface area (Å²) in [5, 5.41) is 0.355. The predicted molar refractivity (Wildman–Crippen MR) is 39.3 cm³/mol. The third kappa shape index (κ3) is 2.61. The number of hydrogen-bond acceptors (Lipinski definition) is 4. The van der Waals surface area contributed by atoms with E-state index in [4.69, 9.17) is 0 Å². The van der Waals surface area contributed by atoms with Crippen LogP contribution in [0.3, 0.4) is 0 Å². The quantitative estimate of drug-likeness (QED) is 0.537. The van der Waals surface area contributed by atoms with Crippen molar-refractivity contribution in [2.24, 2.45) is 0 Å². The zero-order valence-electron chi connectivity index (χ0n) is 6.12. The molecule has 1 rings (SSSR count). The van der Waals surface area contributed by atoms with E-state index >= 15 is 0 Å². The van der Waals surface area contributed by atoms with Crippen LogP contribution in [0.5, 0.6) is 5.88 Å². The first-order valence-corrected chi connectivity index (χ1v) is 4.19. The molecule has 65 valence electrons. The largest absolute Gasteiger partial charge is 0.417 e. The molecule has 0 fully saturated rings. The van der Waals surface area contributed by atoms with Crippen molar-refractivity contribution in [1.29, 1.82) is 0 Å². The predicted octanol–water partition coefficient (Wildman–Crippen LogP) is 1.60. The molecule has 1 aromatic rings. The second kappa shape index (κ2) is 4.20. The molecule has 0 bridgehead atoms. The second-order valence-electron chi connectivity index (χ2n) is 1.70. The zero-order valence-corrected chi connectivity index (χ0v) is 6.94. The summed E-state index contributed by atoms with van der Waals surface area (Å²) in [5.74, 6) is -0.163. The van der Waals surface area contributed by atoms with Crippen LogP contribution in [-0.4, -0.2) is 22.8 Å². The smallest absolute Gasteiger partial charge is 0.388 e. The van der Waals surface area contributed by atoms with Crippen molar-refractivity contribution in [3.8, 4) is 5.88 Å². The van der Waals surface area contributed by atoms with Gasteiger partial charge >= 0.3 is 6.61 Å². The van der Waals surface area contributed by atoms with Gasteiger partial charge in [-0.1, -0.05) is 11.8 Å². The Hall–Kier alpha value is -0.910. The van der Waals surface area contributed by atoms with E-state index in [1.807, 2.05) is 0 Å². The molecule has 0 aliphatic carbocycles. The van der Waals surface area contributed by atoms with Crippen LogP contribution in [0.2, 0.25) is 0 Å². The lowest BCUT2D eigenvalue weighted by Gasteiger charge is -2.02. The number of rotatable bonds is 3. The Morgan fingerprint density at radius 2 is 2.42 bits per heavy atom. The minimum atomic E-state index is -2.86. The van der Waals surface area contributed by atoms with Crippen molar-refractivity contribution in [2.75, 3.05) is 6.26 Å². The molecule has 0 aromatic carbocycles. The van der Waals surface area contributed by atoms with Gasteiger partial charge < -0.3 is 4.74 Å². The molecule has 0 aliphatic rings. The van der Waals surface area contributed by atoms with Crippen LogP contribution in [0.4, 0.5) is 8.78 Å². The van der Waals surface area contributed by atoms with Crippen LogP contribution in [0.1, 0.15) is 0 Å². The van der Waals surface area contributed by atoms with Crippen molar-refractivity contribution in [3.05, 3.63) is 12.3 Å². The first kappa shape index (κ1) is 9.18. The molecule has 1 heterocycles. The van der Waals surface area contributed by atoms with Crippen molar-refractivity contribution in [1.82, 2.24) is 9.97 Å². The highest BCUT2D eigenvalue weighted by atomic mass is 32.2. The Bertz CT molecular complexity index is 259. The highest BCUT2D eigenvalue weighted by molar-refractivity contribution is 7.98. The summed E-state index contributed by atoms with van der Waals surface area (Å²) in [7, 11) is 0. The van der Waals surface area contributed by atoms with E-state index in [1.54, 1.807) is 6.26 Å². The Kier molecular flexibility index (Phi) is 3.21. The molecule has 0 aliphatic heterocycles. The molecule has 0 saturated heterocycles. The second-order valence-corrected chi connectivity index (χ2v) is 2.47. The Balaban J connectivity index is 2.72. The molecule has 0 unspecified atom stereocenters. The van der Waals surface area contributed by atoms with Gasteiger partial charge in [0.05, 0.1) is 6.20 Å². The van der Waals surface area contributed by atoms with E-state index < -0.39 is 6.61 Å². The van der Waals surface area contributed by atoms with E-state index in [0.717, 1.165) is 6.07 Å². The molecule has 0 saturated carbocycles. The molecule has 6 heteroatoms. The molecule has 12 heavy (non-hydrogen) atoms. The van der Waals surface area contributed by atoms with E-state index in [9.17, 15) is 8.78 Å². The minimum Gasteiger partial charge on any atom is -0.417 e. The fraction of sp³-hybridized carbons (Fsp3) is 0.333. The minimum absolute atomic E-state index is 0.163. The summed E-state index contributed by atoms with van der Waals surface area (Å²) >= 11 is 1.23. The molecular formula is C6H5F2N2OS. The van der Waals surface area contributed by atoms with E-state index in [0.29, 0.717) is 5.16 Å². The Morgan fingerprint density at radius 3 is 3.00 bits per heavy atom. The average Bonchev–Trinajstić information content (AvgIpc) is 2.03. The third-order valence-corrected chi connectivity index (χ3v) is 1.49. The number of alkyl halides is 2. The molecule has 0 spiro atoms. The number of nitrogens with zero attached hydrogens (tertiary/aromatic N) is 2. The number of ether oxygens (including phenoxy) is 1. The molecular weight excluding hydrogens is 186 g/mol. The van der Waals surface area contributed by atoms with E-state index in [2.05, 4.69) is 20.9 Å². The zero-order chi connectivity index (χ0) is 8.97.